The smallest absolute Gasteiger partial charge is 0.161 e. The molecule has 0 spiro atoms. The molecule has 2 N–H and O–H groups in total. The van der Waals surface area contributed by atoms with Crippen LogP contribution in [0.1, 0.15) is 35.6 Å². The van der Waals surface area contributed by atoms with Crippen molar-refractivity contribution in [2.75, 3.05) is 26.3 Å². The summed E-state index contributed by atoms with van der Waals surface area (Å²) in [5.74, 6) is 2.05. The molecule has 23 heavy (non-hydrogen) atoms. The molecule has 0 radical (unpaired) electrons. The molecule has 1 fully saturated rings. The summed E-state index contributed by atoms with van der Waals surface area (Å²) in [4.78, 5) is 0.949. The highest BCUT2D eigenvalue weighted by Crippen LogP contribution is 2.33. The van der Waals surface area contributed by atoms with Crippen molar-refractivity contribution >= 4 is 0 Å². The molecule has 6 heteroatoms. The summed E-state index contributed by atoms with van der Waals surface area (Å²) < 4.78 is 11.2. The first-order valence-electron chi connectivity index (χ1n) is 8.16. The van der Waals surface area contributed by atoms with Crippen LogP contribution in [0, 0.1) is 0 Å². The number of rotatable bonds is 3. The third kappa shape index (κ3) is 2.99. The number of aromatic nitrogens is 2. The lowest BCUT2D eigenvalue weighted by molar-refractivity contribution is 0.147. The number of piperidine rings is 1. The molecule has 4 rings (SSSR count). The van der Waals surface area contributed by atoms with Gasteiger partial charge in [0, 0.05) is 12.0 Å². The standard InChI is InChI=1S/C17H21N3O3/c21-20-11-14(13-3-5-18-6-4-13)15(19-20)9-12-1-2-16-17(10-12)23-8-7-22-16/h1-2,10-11,13,18,21H,3-9H2. The maximum atomic E-state index is 9.78. The van der Waals surface area contributed by atoms with E-state index in [9.17, 15) is 5.21 Å². The van der Waals surface area contributed by atoms with Gasteiger partial charge in [0.1, 0.15) is 13.2 Å². The Balaban J connectivity index is 1.58. The quantitative estimate of drug-likeness (QED) is 0.847. The van der Waals surface area contributed by atoms with Gasteiger partial charge >= 0.3 is 0 Å². The number of fused-ring (bicyclic) bond motifs is 1. The highest BCUT2D eigenvalue weighted by atomic mass is 16.6. The van der Waals surface area contributed by atoms with Crippen molar-refractivity contribution in [2.24, 2.45) is 0 Å². The molecule has 0 aliphatic carbocycles. The molecule has 0 bridgehead atoms. The summed E-state index contributed by atoms with van der Waals surface area (Å²) >= 11 is 0. The minimum absolute atomic E-state index is 0.462. The van der Waals surface area contributed by atoms with Gasteiger partial charge in [-0.25, -0.2) is 0 Å². The zero-order valence-corrected chi connectivity index (χ0v) is 13.0. The van der Waals surface area contributed by atoms with E-state index in [1.165, 1.54) is 0 Å². The van der Waals surface area contributed by atoms with E-state index in [1.54, 1.807) is 6.20 Å². The van der Waals surface area contributed by atoms with Gasteiger partial charge in [-0.15, -0.1) is 9.94 Å². The van der Waals surface area contributed by atoms with Crippen LogP contribution in [-0.4, -0.2) is 41.5 Å². The molecule has 0 unspecified atom stereocenters. The zero-order valence-electron chi connectivity index (χ0n) is 13.0. The highest BCUT2D eigenvalue weighted by Gasteiger charge is 2.22. The minimum atomic E-state index is 0.462. The Bertz CT molecular complexity index is 692. The maximum Gasteiger partial charge on any atom is 0.161 e. The van der Waals surface area contributed by atoms with E-state index < -0.39 is 0 Å². The first kappa shape index (κ1) is 14.4. The number of nitrogens with one attached hydrogen (secondary N) is 1. The zero-order chi connectivity index (χ0) is 15.6. The molecule has 1 aromatic carbocycles. The van der Waals surface area contributed by atoms with Crippen molar-refractivity contribution in [3.8, 4) is 11.5 Å². The lowest BCUT2D eigenvalue weighted by atomic mass is 9.89. The molecule has 0 amide bonds. The van der Waals surface area contributed by atoms with E-state index in [-0.39, 0.29) is 0 Å². The monoisotopic (exact) mass is 315 g/mol. The molecular weight excluding hydrogens is 294 g/mol. The molecule has 3 heterocycles. The normalized spacial score (nSPS) is 18.1. The van der Waals surface area contributed by atoms with E-state index in [2.05, 4.69) is 10.4 Å². The van der Waals surface area contributed by atoms with Gasteiger partial charge in [0.15, 0.2) is 11.5 Å². The van der Waals surface area contributed by atoms with Crippen LogP contribution in [-0.2, 0) is 6.42 Å². The van der Waals surface area contributed by atoms with E-state index >= 15 is 0 Å². The van der Waals surface area contributed by atoms with E-state index in [0.29, 0.717) is 25.6 Å². The Labute approximate surface area is 135 Å². The number of benzene rings is 1. The Morgan fingerprint density at radius 1 is 1.17 bits per heavy atom. The molecular formula is C17H21N3O3. The molecule has 2 aliphatic heterocycles. The van der Waals surface area contributed by atoms with E-state index in [0.717, 1.165) is 59.1 Å². The van der Waals surface area contributed by atoms with Crippen LogP contribution in [0.15, 0.2) is 24.4 Å². The SMILES string of the molecule is On1cc(C2CCNCC2)c(Cc2ccc3c(c2)OCCO3)n1. The van der Waals surface area contributed by atoms with Crippen molar-refractivity contribution in [3.05, 3.63) is 41.2 Å². The van der Waals surface area contributed by atoms with Gasteiger partial charge in [0.25, 0.3) is 0 Å². The molecule has 1 saturated heterocycles. The molecule has 2 aliphatic rings. The van der Waals surface area contributed by atoms with Gasteiger partial charge in [0.2, 0.25) is 0 Å². The second-order valence-corrected chi connectivity index (χ2v) is 6.13. The van der Waals surface area contributed by atoms with Gasteiger partial charge in [-0.05, 0) is 49.5 Å². The number of nitrogens with zero attached hydrogens (tertiary/aromatic N) is 2. The van der Waals surface area contributed by atoms with E-state index in [4.69, 9.17) is 9.47 Å². The van der Waals surface area contributed by atoms with Crippen LogP contribution < -0.4 is 14.8 Å². The van der Waals surface area contributed by atoms with Crippen LogP contribution >= 0.6 is 0 Å². The van der Waals surface area contributed by atoms with Gasteiger partial charge in [0.05, 0.1) is 11.9 Å². The summed E-state index contributed by atoms with van der Waals surface area (Å²) in [5, 5.41) is 17.4. The first-order chi connectivity index (χ1) is 11.3. The summed E-state index contributed by atoms with van der Waals surface area (Å²) in [7, 11) is 0. The molecule has 0 atom stereocenters. The average Bonchev–Trinajstić information content (AvgIpc) is 2.96. The van der Waals surface area contributed by atoms with Crippen LogP contribution in [0.2, 0.25) is 0 Å². The molecule has 1 aromatic heterocycles. The van der Waals surface area contributed by atoms with Gasteiger partial charge < -0.3 is 20.0 Å². The highest BCUT2D eigenvalue weighted by molar-refractivity contribution is 5.45. The van der Waals surface area contributed by atoms with Crippen LogP contribution in [0.5, 0.6) is 11.5 Å². The molecule has 0 saturated carbocycles. The predicted octanol–water partition coefficient (Wildman–Crippen LogP) is 1.95. The molecule has 122 valence electrons. The van der Waals surface area contributed by atoms with Crippen molar-refractivity contribution in [1.82, 2.24) is 15.3 Å². The maximum absolute atomic E-state index is 9.78. The molecule has 6 nitrogen and oxygen atoms in total. The summed E-state index contributed by atoms with van der Waals surface area (Å²) in [5.41, 5.74) is 3.21. The summed E-state index contributed by atoms with van der Waals surface area (Å²) in [6.45, 7) is 3.22. The first-order valence-corrected chi connectivity index (χ1v) is 8.16. The third-order valence-corrected chi connectivity index (χ3v) is 4.57. The third-order valence-electron chi connectivity index (χ3n) is 4.57. The van der Waals surface area contributed by atoms with Gasteiger partial charge in [-0.2, -0.15) is 0 Å². The fraction of sp³-hybridized carbons (Fsp3) is 0.471. The van der Waals surface area contributed by atoms with Crippen molar-refractivity contribution in [2.45, 2.75) is 25.2 Å². The number of hydrogen-bond donors (Lipinski definition) is 2. The van der Waals surface area contributed by atoms with Crippen LogP contribution in [0.4, 0.5) is 0 Å². The van der Waals surface area contributed by atoms with Crippen LogP contribution in [0.3, 0.4) is 0 Å². The number of hydrogen-bond acceptors (Lipinski definition) is 5. The van der Waals surface area contributed by atoms with E-state index in [1.807, 2.05) is 18.2 Å². The number of ether oxygens (including phenoxy) is 2. The van der Waals surface area contributed by atoms with Gasteiger partial charge in [-0.3, -0.25) is 0 Å². The minimum Gasteiger partial charge on any atom is -0.486 e. The Kier molecular flexibility index (Phi) is 3.83. The van der Waals surface area contributed by atoms with Crippen molar-refractivity contribution in [3.63, 3.8) is 0 Å². The Morgan fingerprint density at radius 3 is 2.78 bits per heavy atom. The van der Waals surface area contributed by atoms with Crippen molar-refractivity contribution in [1.29, 1.82) is 0 Å². The summed E-state index contributed by atoms with van der Waals surface area (Å²) in [6.07, 6.45) is 4.60. The van der Waals surface area contributed by atoms with Crippen LogP contribution in [0.25, 0.3) is 0 Å². The topological polar surface area (TPSA) is 68.5 Å². The lowest BCUT2D eigenvalue weighted by Crippen LogP contribution is -2.26. The Hall–Kier alpha value is -2.21. The van der Waals surface area contributed by atoms with Crippen molar-refractivity contribution < 1.29 is 14.7 Å². The fourth-order valence-corrected chi connectivity index (χ4v) is 3.41. The summed E-state index contributed by atoms with van der Waals surface area (Å²) in [6, 6.07) is 6.00. The lowest BCUT2D eigenvalue weighted by Gasteiger charge is -2.22. The second kappa shape index (κ2) is 6.12. The molecule has 2 aromatic rings. The predicted molar refractivity (Wildman–Crippen MR) is 84.5 cm³/mol. The fourth-order valence-electron chi connectivity index (χ4n) is 3.41. The Morgan fingerprint density at radius 2 is 1.96 bits per heavy atom. The largest absolute Gasteiger partial charge is 0.486 e. The average molecular weight is 315 g/mol. The second-order valence-electron chi connectivity index (χ2n) is 6.13. The van der Waals surface area contributed by atoms with Gasteiger partial charge in [-0.1, -0.05) is 6.07 Å².